The average Bonchev–Trinajstić information content (AvgIpc) is 3.73. The largest absolute Gasteiger partial charge is 0.456 e. The summed E-state index contributed by atoms with van der Waals surface area (Å²) >= 11 is 0. The molecule has 0 atom stereocenters. The van der Waals surface area contributed by atoms with Gasteiger partial charge in [-0.3, -0.25) is 0 Å². The lowest BCUT2D eigenvalue weighted by atomic mass is 9.70. The average molecular weight is 525 g/mol. The molecular weight excluding hydrogens is 500 g/mol. The second-order valence-corrected chi connectivity index (χ2v) is 11.7. The van der Waals surface area contributed by atoms with Gasteiger partial charge in [0.2, 0.25) is 0 Å². The van der Waals surface area contributed by atoms with E-state index in [2.05, 4.69) is 123 Å². The smallest absolute Gasteiger partial charge is 0.143 e. The summed E-state index contributed by atoms with van der Waals surface area (Å²) < 4.78 is 13.4. The van der Waals surface area contributed by atoms with Crippen molar-refractivity contribution in [1.82, 2.24) is 0 Å². The summed E-state index contributed by atoms with van der Waals surface area (Å²) in [5, 5.41) is 4.69. The minimum Gasteiger partial charge on any atom is -0.456 e. The van der Waals surface area contributed by atoms with Crippen LogP contribution in [0.3, 0.4) is 0 Å². The van der Waals surface area contributed by atoms with Crippen molar-refractivity contribution in [2.75, 3.05) is 0 Å². The van der Waals surface area contributed by atoms with Crippen LogP contribution >= 0.6 is 0 Å². The Bertz CT molecular complexity index is 2400. The molecule has 192 valence electrons. The highest BCUT2D eigenvalue weighted by molar-refractivity contribution is 6.22. The van der Waals surface area contributed by atoms with E-state index in [0.29, 0.717) is 0 Å². The molecule has 0 bridgehead atoms. The Hall–Kier alpha value is -5.08. The molecule has 0 aliphatic heterocycles. The number of hydrogen-bond donors (Lipinski definition) is 0. The first kappa shape index (κ1) is 21.7. The van der Waals surface area contributed by atoms with Crippen LogP contribution in [0.5, 0.6) is 0 Å². The minimum atomic E-state index is -0.451. The van der Waals surface area contributed by atoms with Crippen molar-refractivity contribution in [1.29, 1.82) is 0 Å². The van der Waals surface area contributed by atoms with Crippen molar-refractivity contribution in [2.45, 2.75) is 19.3 Å². The molecule has 2 heteroatoms. The Morgan fingerprint density at radius 1 is 0.463 bits per heavy atom. The molecule has 0 fully saturated rings. The molecular formula is C39H24O2. The van der Waals surface area contributed by atoms with Crippen molar-refractivity contribution in [3.8, 4) is 22.3 Å². The van der Waals surface area contributed by atoms with Crippen LogP contribution in [0.1, 0.15) is 33.4 Å². The topological polar surface area (TPSA) is 26.3 Å². The molecule has 2 heterocycles. The fraction of sp³-hybridized carbons (Fsp3) is 0.0769. The molecule has 1 spiro atoms. The Kier molecular flexibility index (Phi) is 3.79. The molecule has 0 radical (unpaired) electrons. The summed E-state index contributed by atoms with van der Waals surface area (Å²) in [6.07, 6.45) is 0. The van der Waals surface area contributed by atoms with Gasteiger partial charge in [-0.05, 0) is 70.5 Å². The van der Waals surface area contributed by atoms with Gasteiger partial charge in [0.05, 0.1) is 5.41 Å². The number of hydrogen-bond acceptors (Lipinski definition) is 2. The molecule has 2 nitrogen and oxygen atoms in total. The number of aryl methyl sites for hydroxylation is 2. The summed E-state index contributed by atoms with van der Waals surface area (Å²) in [4.78, 5) is 0. The molecule has 41 heavy (non-hydrogen) atoms. The maximum absolute atomic E-state index is 6.85. The second kappa shape index (κ2) is 7.16. The fourth-order valence-corrected chi connectivity index (χ4v) is 8.22. The monoisotopic (exact) mass is 524 g/mol. The lowest BCUT2D eigenvalue weighted by Gasteiger charge is -2.31. The number of fused-ring (bicyclic) bond motifs is 18. The molecule has 0 N–H and O–H groups in total. The molecule has 2 aliphatic carbocycles. The first-order chi connectivity index (χ1) is 20.2. The van der Waals surface area contributed by atoms with Gasteiger partial charge in [-0.25, -0.2) is 0 Å². The van der Waals surface area contributed by atoms with E-state index in [1.165, 1.54) is 60.8 Å². The van der Waals surface area contributed by atoms with Crippen molar-refractivity contribution in [3.05, 3.63) is 143 Å². The standard InChI is InChI=1S/C39H24O2/c1-21-19-30-36(38-33(21)25-13-5-9-17-31(25)41-38)35-29(20-22(2)37-34(35)26-14-6-10-18-32(26)40-37)39(30)27-15-7-3-11-23(27)24-12-4-8-16-28(24)39/h3-20H,1-2H3. The lowest BCUT2D eigenvalue weighted by Crippen LogP contribution is -2.26. The minimum absolute atomic E-state index is 0.451. The van der Waals surface area contributed by atoms with Gasteiger partial charge in [-0.2, -0.15) is 0 Å². The van der Waals surface area contributed by atoms with Crippen molar-refractivity contribution in [2.24, 2.45) is 0 Å². The molecule has 2 aromatic heterocycles. The third kappa shape index (κ3) is 2.35. The molecule has 0 saturated carbocycles. The summed E-state index contributed by atoms with van der Waals surface area (Å²) in [6, 6.07) is 39.7. The van der Waals surface area contributed by atoms with Crippen molar-refractivity contribution < 1.29 is 8.83 Å². The zero-order valence-corrected chi connectivity index (χ0v) is 22.7. The molecule has 6 aromatic carbocycles. The van der Waals surface area contributed by atoms with Crippen LogP contribution in [0.2, 0.25) is 0 Å². The van der Waals surface area contributed by atoms with Crippen LogP contribution in [0.4, 0.5) is 0 Å². The first-order valence-electron chi connectivity index (χ1n) is 14.3. The van der Waals surface area contributed by atoms with Gasteiger partial charge in [-0.1, -0.05) is 97.1 Å². The third-order valence-electron chi connectivity index (χ3n) is 9.69. The quantitative estimate of drug-likeness (QED) is 0.197. The van der Waals surface area contributed by atoms with Gasteiger partial charge in [-0.15, -0.1) is 0 Å². The summed E-state index contributed by atoms with van der Waals surface area (Å²) in [5.41, 5.74) is 16.0. The van der Waals surface area contributed by atoms with E-state index in [0.717, 1.165) is 38.7 Å². The maximum Gasteiger partial charge on any atom is 0.143 e. The van der Waals surface area contributed by atoms with Crippen LogP contribution in [0.15, 0.2) is 118 Å². The molecule has 10 rings (SSSR count). The summed E-state index contributed by atoms with van der Waals surface area (Å²) in [7, 11) is 0. The molecule has 2 aliphatic rings. The van der Waals surface area contributed by atoms with E-state index in [4.69, 9.17) is 8.83 Å². The highest BCUT2D eigenvalue weighted by Gasteiger charge is 2.53. The summed E-state index contributed by atoms with van der Waals surface area (Å²) in [6.45, 7) is 4.43. The Morgan fingerprint density at radius 3 is 1.66 bits per heavy atom. The predicted octanol–water partition coefficient (Wildman–Crippen LogP) is 10.4. The van der Waals surface area contributed by atoms with Crippen LogP contribution in [0.25, 0.3) is 66.1 Å². The SMILES string of the molecule is Cc1cc2c(c3c1oc1ccccc13)-c1c(cc(C)c3c1oc1ccccc13)C21c2ccccc2-c2ccccc21. The van der Waals surface area contributed by atoms with E-state index < -0.39 is 5.41 Å². The highest BCUT2D eigenvalue weighted by Crippen LogP contribution is 2.66. The molecule has 0 unspecified atom stereocenters. The Labute approximate surface area is 236 Å². The number of furan rings is 2. The number of benzene rings is 6. The molecule has 8 aromatic rings. The van der Waals surface area contributed by atoms with Crippen LogP contribution in [-0.2, 0) is 5.41 Å². The Balaban J connectivity index is 1.53. The van der Waals surface area contributed by atoms with E-state index in [9.17, 15) is 0 Å². The van der Waals surface area contributed by atoms with Gasteiger partial charge in [0.25, 0.3) is 0 Å². The van der Waals surface area contributed by atoms with Crippen molar-refractivity contribution in [3.63, 3.8) is 0 Å². The fourth-order valence-electron chi connectivity index (χ4n) is 8.22. The van der Waals surface area contributed by atoms with Gasteiger partial charge in [0, 0.05) is 32.7 Å². The van der Waals surface area contributed by atoms with Gasteiger partial charge < -0.3 is 8.83 Å². The van der Waals surface area contributed by atoms with Crippen LogP contribution in [-0.4, -0.2) is 0 Å². The van der Waals surface area contributed by atoms with E-state index >= 15 is 0 Å². The van der Waals surface area contributed by atoms with Gasteiger partial charge >= 0.3 is 0 Å². The normalized spacial score (nSPS) is 14.3. The van der Waals surface area contributed by atoms with Gasteiger partial charge in [0.15, 0.2) is 0 Å². The number of para-hydroxylation sites is 2. The van der Waals surface area contributed by atoms with E-state index in [1.54, 1.807) is 0 Å². The number of rotatable bonds is 0. The van der Waals surface area contributed by atoms with Gasteiger partial charge in [0.1, 0.15) is 22.3 Å². The predicted molar refractivity (Wildman–Crippen MR) is 167 cm³/mol. The highest BCUT2D eigenvalue weighted by atomic mass is 16.3. The third-order valence-corrected chi connectivity index (χ3v) is 9.69. The first-order valence-corrected chi connectivity index (χ1v) is 14.3. The Morgan fingerprint density at radius 2 is 0.976 bits per heavy atom. The van der Waals surface area contributed by atoms with Crippen LogP contribution < -0.4 is 0 Å². The second-order valence-electron chi connectivity index (χ2n) is 11.7. The zero-order valence-electron chi connectivity index (χ0n) is 22.7. The van der Waals surface area contributed by atoms with Crippen molar-refractivity contribution >= 4 is 43.9 Å². The molecule has 0 saturated heterocycles. The van der Waals surface area contributed by atoms with E-state index in [1.807, 2.05) is 0 Å². The molecule has 0 amide bonds. The summed E-state index contributed by atoms with van der Waals surface area (Å²) in [5.74, 6) is 0. The van der Waals surface area contributed by atoms with Crippen LogP contribution in [0, 0.1) is 13.8 Å². The van der Waals surface area contributed by atoms with E-state index in [-0.39, 0.29) is 0 Å². The zero-order chi connectivity index (χ0) is 27.0. The lowest BCUT2D eigenvalue weighted by molar-refractivity contribution is 0.665. The maximum atomic E-state index is 6.85.